The lowest BCUT2D eigenvalue weighted by Crippen LogP contribution is -2.52. The first-order chi connectivity index (χ1) is 15.2. The molecule has 1 aromatic carbocycles. The van der Waals surface area contributed by atoms with Crippen molar-refractivity contribution in [1.82, 2.24) is 4.90 Å². The molecule has 2 saturated heterocycles. The largest absolute Gasteiger partial charge is 0.447 e. The fourth-order valence-electron chi connectivity index (χ4n) is 4.57. The van der Waals surface area contributed by atoms with Gasteiger partial charge in [-0.25, -0.2) is 4.79 Å². The van der Waals surface area contributed by atoms with Crippen molar-refractivity contribution in [3.05, 3.63) is 48.0 Å². The van der Waals surface area contributed by atoms with Crippen molar-refractivity contribution in [3.63, 3.8) is 0 Å². The van der Waals surface area contributed by atoms with Gasteiger partial charge < -0.3 is 14.6 Å². The summed E-state index contributed by atoms with van der Waals surface area (Å²) in [6.07, 6.45) is 14.8. The second-order valence-electron chi connectivity index (χ2n) is 8.87. The van der Waals surface area contributed by atoms with Gasteiger partial charge in [0.15, 0.2) is 0 Å². The third-order valence-electron chi connectivity index (χ3n) is 6.52. The normalized spacial score (nSPS) is 24.4. The molecule has 5 heteroatoms. The molecule has 1 amide bonds. The fraction of sp³-hybridized carbons (Fsp3) is 0.654. The first-order valence-corrected chi connectivity index (χ1v) is 12.1. The second kappa shape index (κ2) is 12.9. The predicted octanol–water partition coefficient (Wildman–Crippen LogP) is 5.61. The molecule has 2 aliphatic heterocycles. The van der Waals surface area contributed by atoms with Gasteiger partial charge in [-0.2, -0.15) is 0 Å². The molecule has 172 valence electrons. The molecule has 0 aromatic heterocycles. The second-order valence-corrected chi connectivity index (χ2v) is 8.87. The minimum atomic E-state index is -0.207. The van der Waals surface area contributed by atoms with Gasteiger partial charge in [-0.15, -0.1) is 0 Å². The molecule has 1 N–H and O–H groups in total. The molecule has 4 atom stereocenters. The SMILES string of the molecule is CCC(O)CCCCCCC/C=C\[C@@H]1CC[C@H](OCc2ccccc2)[C@H]2COC(=O)N12. The Morgan fingerprint density at radius 3 is 2.74 bits per heavy atom. The summed E-state index contributed by atoms with van der Waals surface area (Å²) < 4.78 is 11.6. The number of benzene rings is 1. The monoisotopic (exact) mass is 429 g/mol. The third-order valence-corrected chi connectivity index (χ3v) is 6.52. The number of carbonyl (C=O) groups excluding carboxylic acids is 1. The fourth-order valence-corrected chi connectivity index (χ4v) is 4.57. The minimum absolute atomic E-state index is 0.0121. The number of fused-ring (bicyclic) bond motifs is 1. The zero-order valence-electron chi connectivity index (χ0n) is 19.0. The van der Waals surface area contributed by atoms with Crippen LogP contribution in [0.5, 0.6) is 0 Å². The van der Waals surface area contributed by atoms with E-state index in [0.29, 0.717) is 13.2 Å². The molecule has 1 aromatic rings. The summed E-state index contributed by atoms with van der Waals surface area (Å²) in [6, 6.07) is 10.3. The van der Waals surface area contributed by atoms with E-state index in [9.17, 15) is 9.90 Å². The number of unbranched alkanes of at least 4 members (excludes halogenated alkanes) is 5. The van der Waals surface area contributed by atoms with E-state index in [4.69, 9.17) is 9.47 Å². The van der Waals surface area contributed by atoms with Crippen molar-refractivity contribution in [2.45, 2.75) is 102 Å². The number of hydrogen-bond donors (Lipinski definition) is 1. The van der Waals surface area contributed by atoms with E-state index in [0.717, 1.165) is 44.1 Å². The molecule has 1 unspecified atom stereocenters. The summed E-state index contributed by atoms with van der Waals surface area (Å²) in [4.78, 5) is 14.2. The number of hydrogen-bond acceptors (Lipinski definition) is 4. The lowest BCUT2D eigenvalue weighted by molar-refractivity contribution is -0.0362. The summed E-state index contributed by atoms with van der Waals surface area (Å²) >= 11 is 0. The van der Waals surface area contributed by atoms with Crippen LogP contribution in [-0.4, -0.2) is 47.0 Å². The van der Waals surface area contributed by atoms with Gasteiger partial charge in [0.1, 0.15) is 6.61 Å². The van der Waals surface area contributed by atoms with E-state index in [1.54, 1.807) is 0 Å². The van der Waals surface area contributed by atoms with Gasteiger partial charge in [0.25, 0.3) is 0 Å². The first-order valence-electron chi connectivity index (χ1n) is 12.1. The first kappa shape index (κ1) is 23.8. The van der Waals surface area contributed by atoms with Crippen molar-refractivity contribution in [2.75, 3.05) is 6.61 Å². The van der Waals surface area contributed by atoms with Crippen LogP contribution in [0.25, 0.3) is 0 Å². The van der Waals surface area contributed by atoms with E-state index in [1.807, 2.05) is 30.0 Å². The number of cyclic esters (lactones) is 1. The Morgan fingerprint density at radius 2 is 1.94 bits per heavy atom. The van der Waals surface area contributed by atoms with Crippen molar-refractivity contribution in [1.29, 1.82) is 0 Å². The topological polar surface area (TPSA) is 59.0 Å². The molecule has 0 bridgehead atoms. The van der Waals surface area contributed by atoms with Crippen molar-refractivity contribution >= 4 is 6.09 Å². The van der Waals surface area contributed by atoms with Crippen LogP contribution in [0.4, 0.5) is 4.79 Å². The number of aliphatic hydroxyl groups excluding tert-OH is 1. The number of allylic oxidation sites excluding steroid dienone is 1. The molecule has 0 aliphatic carbocycles. The van der Waals surface area contributed by atoms with E-state index in [2.05, 4.69) is 24.3 Å². The number of piperidine rings is 1. The lowest BCUT2D eigenvalue weighted by Gasteiger charge is -2.39. The Morgan fingerprint density at radius 1 is 1.16 bits per heavy atom. The van der Waals surface area contributed by atoms with Crippen molar-refractivity contribution < 1.29 is 19.4 Å². The standard InChI is InChI=1S/C26H39NO4/c1-2-23(28)16-12-7-5-3-4-6-11-15-22-17-18-25(24-20-31-26(29)27(22)24)30-19-21-13-9-8-10-14-21/h8-11,13-15,22-25,28H,2-7,12,16-20H2,1H3/b15-11-/t22-,23?,24-,25+/m1/s1. The molecule has 0 spiro atoms. The Bertz CT molecular complexity index is 677. The van der Waals surface area contributed by atoms with Gasteiger partial charge in [-0.1, -0.05) is 75.1 Å². The van der Waals surface area contributed by atoms with Crippen molar-refractivity contribution in [3.8, 4) is 0 Å². The summed E-state index contributed by atoms with van der Waals surface area (Å²) in [5, 5.41) is 9.58. The van der Waals surface area contributed by atoms with Crippen LogP contribution >= 0.6 is 0 Å². The highest BCUT2D eigenvalue weighted by Crippen LogP contribution is 2.32. The molecule has 3 rings (SSSR count). The molecular weight excluding hydrogens is 390 g/mol. The van der Waals surface area contributed by atoms with E-state index >= 15 is 0 Å². The van der Waals surface area contributed by atoms with Gasteiger partial charge in [-0.3, -0.25) is 4.90 Å². The zero-order valence-corrected chi connectivity index (χ0v) is 19.0. The molecule has 31 heavy (non-hydrogen) atoms. The summed E-state index contributed by atoms with van der Waals surface area (Å²) in [5.74, 6) is 0. The highest BCUT2D eigenvalue weighted by Gasteiger charge is 2.45. The highest BCUT2D eigenvalue weighted by molar-refractivity contribution is 5.71. The van der Waals surface area contributed by atoms with Gasteiger partial charge >= 0.3 is 6.09 Å². The molecule has 0 radical (unpaired) electrons. The molecule has 2 aliphatic rings. The van der Waals surface area contributed by atoms with Crippen LogP contribution in [-0.2, 0) is 16.1 Å². The summed E-state index contributed by atoms with van der Waals surface area (Å²) in [6.45, 7) is 3.03. The van der Waals surface area contributed by atoms with Gasteiger partial charge in [0, 0.05) is 0 Å². The Labute approximate surface area is 187 Å². The van der Waals surface area contributed by atoms with Crippen LogP contribution in [0, 0.1) is 0 Å². The summed E-state index contributed by atoms with van der Waals surface area (Å²) in [7, 11) is 0. The Balaban J connectivity index is 1.37. The number of aliphatic hydroxyl groups is 1. The van der Waals surface area contributed by atoms with E-state index < -0.39 is 0 Å². The average Bonchev–Trinajstić information content (AvgIpc) is 3.19. The number of nitrogens with zero attached hydrogens (tertiary/aromatic N) is 1. The van der Waals surface area contributed by atoms with E-state index in [1.165, 1.54) is 25.7 Å². The lowest BCUT2D eigenvalue weighted by atomic mass is 9.93. The summed E-state index contributed by atoms with van der Waals surface area (Å²) in [5.41, 5.74) is 1.16. The predicted molar refractivity (Wildman–Crippen MR) is 123 cm³/mol. The van der Waals surface area contributed by atoms with Gasteiger partial charge in [0.2, 0.25) is 0 Å². The molecule has 2 heterocycles. The maximum atomic E-state index is 12.3. The number of amides is 1. The number of rotatable bonds is 13. The third kappa shape index (κ3) is 7.36. The number of carbonyl (C=O) groups is 1. The van der Waals surface area contributed by atoms with Gasteiger partial charge in [-0.05, 0) is 44.1 Å². The van der Waals surface area contributed by atoms with Crippen LogP contribution in [0.2, 0.25) is 0 Å². The zero-order chi connectivity index (χ0) is 21.9. The number of ether oxygens (including phenoxy) is 2. The van der Waals surface area contributed by atoms with Gasteiger partial charge in [0.05, 0.1) is 30.9 Å². The van der Waals surface area contributed by atoms with Crippen LogP contribution in [0.3, 0.4) is 0 Å². The Kier molecular flexibility index (Phi) is 9.88. The quantitative estimate of drug-likeness (QED) is 0.327. The van der Waals surface area contributed by atoms with Crippen LogP contribution in [0.1, 0.15) is 76.7 Å². The van der Waals surface area contributed by atoms with E-state index in [-0.39, 0.29) is 30.4 Å². The average molecular weight is 430 g/mol. The highest BCUT2D eigenvalue weighted by atomic mass is 16.6. The Hall–Kier alpha value is -1.85. The van der Waals surface area contributed by atoms with Crippen molar-refractivity contribution in [2.24, 2.45) is 0 Å². The molecule has 2 fully saturated rings. The smallest absolute Gasteiger partial charge is 0.410 e. The maximum absolute atomic E-state index is 12.3. The van der Waals surface area contributed by atoms with Crippen LogP contribution in [0.15, 0.2) is 42.5 Å². The molecule has 0 saturated carbocycles. The van der Waals surface area contributed by atoms with Crippen LogP contribution < -0.4 is 0 Å². The molecule has 5 nitrogen and oxygen atoms in total. The molecular formula is C26H39NO4. The minimum Gasteiger partial charge on any atom is -0.447 e. The maximum Gasteiger partial charge on any atom is 0.410 e.